The molecule has 2 aliphatic rings. The molecule has 1 saturated heterocycles. The first-order valence-electron chi connectivity index (χ1n) is 10.5. The highest BCUT2D eigenvalue weighted by molar-refractivity contribution is 5.39. The number of aryl methyl sites for hydroxylation is 2. The Hall–Kier alpha value is -2.04. The Kier molecular flexibility index (Phi) is 5.88. The molecule has 4 heteroatoms. The molecule has 1 N–H and O–H groups in total. The summed E-state index contributed by atoms with van der Waals surface area (Å²) in [6.45, 7) is 4.33. The summed E-state index contributed by atoms with van der Waals surface area (Å²) >= 11 is 0. The molecule has 28 heavy (non-hydrogen) atoms. The van der Waals surface area contributed by atoms with Gasteiger partial charge in [0.25, 0.3) is 0 Å². The highest BCUT2D eigenvalue weighted by atomic mass is 16.5. The minimum absolute atomic E-state index is 0.0545. The third-order valence-corrected chi connectivity index (χ3v) is 6.18. The Morgan fingerprint density at radius 2 is 2.07 bits per heavy atom. The third-order valence-electron chi connectivity index (χ3n) is 6.18. The van der Waals surface area contributed by atoms with Gasteiger partial charge in [-0.1, -0.05) is 31.2 Å². The van der Waals surface area contributed by atoms with Gasteiger partial charge in [-0.2, -0.15) is 0 Å². The topological polar surface area (TPSA) is 41.9 Å². The molecular formula is C24H31NO3. The lowest BCUT2D eigenvalue weighted by molar-refractivity contribution is -0.130. The molecule has 0 spiro atoms. The zero-order valence-corrected chi connectivity index (χ0v) is 16.9. The zero-order valence-electron chi connectivity index (χ0n) is 16.9. The monoisotopic (exact) mass is 381 g/mol. The lowest BCUT2D eigenvalue weighted by Crippen LogP contribution is -2.53. The van der Waals surface area contributed by atoms with E-state index in [2.05, 4.69) is 30.0 Å². The number of aromatic hydroxyl groups is 1. The van der Waals surface area contributed by atoms with Crippen LogP contribution in [0.25, 0.3) is 0 Å². The molecule has 1 aliphatic heterocycles. The average molecular weight is 382 g/mol. The van der Waals surface area contributed by atoms with E-state index in [4.69, 9.17) is 9.47 Å². The molecule has 4 rings (SSSR count). The van der Waals surface area contributed by atoms with Gasteiger partial charge in [0.05, 0.1) is 19.3 Å². The standard InChI is InChI=1S/C24H31NO3/c1-3-14-25-16-20(12-9-18-6-4-5-7-23(18)27-2)28-24-21-15-19(26)11-8-17(21)10-13-22(24)25/h4-8,11,15,20,22,24,26H,3,9-10,12-14,16H2,1-2H3. The number of fused-ring (bicyclic) bond motifs is 3. The predicted molar refractivity (Wildman–Crippen MR) is 111 cm³/mol. The van der Waals surface area contributed by atoms with Crippen LogP contribution in [0.4, 0.5) is 0 Å². The van der Waals surface area contributed by atoms with E-state index in [1.165, 1.54) is 16.7 Å². The number of hydrogen-bond donors (Lipinski definition) is 1. The molecular weight excluding hydrogens is 350 g/mol. The maximum atomic E-state index is 10.0. The van der Waals surface area contributed by atoms with Gasteiger partial charge in [0.15, 0.2) is 0 Å². The molecule has 150 valence electrons. The van der Waals surface area contributed by atoms with Crippen LogP contribution < -0.4 is 4.74 Å². The minimum Gasteiger partial charge on any atom is -0.508 e. The number of morpholine rings is 1. The van der Waals surface area contributed by atoms with Gasteiger partial charge in [0, 0.05) is 12.6 Å². The SMILES string of the molecule is CCCN1CC(CCc2ccccc2OC)OC2c3cc(O)ccc3CCC21. The molecule has 2 aromatic carbocycles. The van der Waals surface area contributed by atoms with E-state index >= 15 is 0 Å². The number of hydrogen-bond acceptors (Lipinski definition) is 4. The van der Waals surface area contributed by atoms with Crippen molar-refractivity contribution in [3.8, 4) is 11.5 Å². The molecule has 3 unspecified atom stereocenters. The summed E-state index contributed by atoms with van der Waals surface area (Å²) in [6, 6.07) is 14.4. The number of phenolic OH excluding ortho intramolecular Hbond substituents is 1. The van der Waals surface area contributed by atoms with Crippen LogP contribution in [0.15, 0.2) is 42.5 Å². The van der Waals surface area contributed by atoms with Gasteiger partial charge < -0.3 is 14.6 Å². The van der Waals surface area contributed by atoms with Crippen LogP contribution in [0.1, 0.15) is 49.0 Å². The van der Waals surface area contributed by atoms with Crippen molar-refractivity contribution in [2.45, 2.75) is 57.3 Å². The van der Waals surface area contributed by atoms with Gasteiger partial charge in [-0.3, -0.25) is 4.90 Å². The minimum atomic E-state index is 0.0545. The Balaban J connectivity index is 1.54. The van der Waals surface area contributed by atoms with Crippen molar-refractivity contribution in [2.24, 2.45) is 0 Å². The summed E-state index contributed by atoms with van der Waals surface area (Å²) in [5.74, 6) is 1.29. The van der Waals surface area contributed by atoms with Crippen molar-refractivity contribution in [3.05, 3.63) is 59.2 Å². The molecule has 2 aromatic rings. The lowest BCUT2D eigenvalue weighted by atomic mass is 9.83. The van der Waals surface area contributed by atoms with Crippen LogP contribution in [-0.4, -0.2) is 42.4 Å². The molecule has 0 amide bonds. The van der Waals surface area contributed by atoms with Crippen LogP contribution in [0.5, 0.6) is 11.5 Å². The fourth-order valence-corrected chi connectivity index (χ4v) is 4.85. The number of benzene rings is 2. The zero-order chi connectivity index (χ0) is 19.5. The number of rotatable bonds is 6. The second kappa shape index (κ2) is 8.54. The van der Waals surface area contributed by atoms with Gasteiger partial charge in [-0.15, -0.1) is 0 Å². The Morgan fingerprint density at radius 3 is 2.89 bits per heavy atom. The van der Waals surface area contributed by atoms with Crippen molar-refractivity contribution >= 4 is 0 Å². The van der Waals surface area contributed by atoms with Crippen LogP contribution in [-0.2, 0) is 17.6 Å². The van der Waals surface area contributed by atoms with Crippen LogP contribution >= 0.6 is 0 Å². The highest BCUT2D eigenvalue weighted by Gasteiger charge is 2.40. The van der Waals surface area contributed by atoms with E-state index in [0.29, 0.717) is 11.8 Å². The molecule has 0 radical (unpaired) electrons. The van der Waals surface area contributed by atoms with E-state index in [1.807, 2.05) is 18.2 Å². The summed E-state index contributed by atoms with van der Waals surface area (Å²) in [7, 11) is 1.73. The van der Waals surface area contributed by atoms with Crippen molar-refractivity contribution in [1.29, 1.82) is 0 Å². The lowest BCUT2D eigenvalue weighted by Gasteiger charge is -2.47. The normalized spacial score (nSPS) is 24.4. The second-order valence-corrected chi connectivity index (χ2v) is 8.01. The first kappa shape index (κ1) is 19.3. The smallest absolute Gasteiger partial charge is 0.122 e. The maximum Gasteiger partial charge on any atom is 0.122 e. The molecule has 1 fully saturated rings. The van der Waals surface area contributed by atoms with Gasteiger partial charge >= 0.3 is 0 Å². The van der Waals surface area contributed by atoms with E-state index < -0.39 is 0 Å². The number of nitrogens with zero attached hydrogens (tertiary/aromatic N) is 1. The van der Waals surface area contributed by atoms with E-state index in [0.717, 1.165) is 50.9 Å². The quantitative estimate of drug-likeness (QED) is 0.800. The van der Waals surface area contributed by atoms with Crippen molar-refractivity contribution < 1.29 is 14.6 Å². The largest absolute Gasteiger partial charge is 0.508 e. The number of ether oxygens (including phenoxy) is 2. The second-order valence-electron chi connectivity index (χ2n) is 8.01. The summed E-state index contributed by atoms with van der Waals surface area (Å²) < 4.78 is 12.2. The molecule has 3 atom stereocenters. The highest BCUT2D eigenvalue weighted by Crippen LogP contribution is 2.41. The molecule has 0 aromatic heterocycles. The molecule has 4 nitrogen and oxygen atoms in total. The fraction of sp³-hybridized carbons (Fsp3) is 0.500. The Bertz CT molecular complexity index is 806. The van der Waals surface area contributed by atoms with Crippen molar-refractivity contribution in [2.75, 3.05) is 20.2 Å². The summed E-state index contributed by atoms with van der Waals surface area (Å²) in [5.41, 5.74) is 3.74. The molecule has 0 saturated carbocycles. The summed E-state index contributed by atoms with van der Waals surface area (Å²) in [4.78, 5) is 2.62. The van der Waals surface area contributed by atoms with Crippen LogP contribution in [0, 0.1) is 0 Å². The third kappa shape index (κ3) is 3.89. The Labute approximate surface area is 168 Å². The summed E-state index contributed by atoms with van der Waals surface area (Å²) in [6.07, 6.45) is 5.49. The Morgan fingerprint density at radius 1 is 1.21 bits per heavy atom. The van der Waals surface area contributed by atoms with Gasteiger partial charge in [0.2, 0.25) is 0 Å². The van der Waals surface area contributed by atoms with Gasteiger partial charge in [-0.05, 0) is 73.5 Å². The summed E-state index contributed by atoms with van der Waals surface area (Å²) in [5, 5.41) is 10.0. The number of methoxy groups -OCH3 is 1. The molecule has 1 aliphatic carbocycles. The van der Waals surface area contributed by atoms with E-state index in [9.17, 15) is 5.11 Å². The first-order valence-corrected chi connectivity index (χ1v) is 10.5. The van der Waals surface area contributed by atoms with E-state index in [-0.39, 0.29) is 12.2 Å². The van der Waals surface area contributed by atoms with Crippen LogP contribution in [0.3, 0.4) is 0 Å². The van der Waals surface area contributed by atoms with Crippen LogP contribution in [0.2, 0.25) is 0 Å². The van der Waals surface area contributed by atoms with Crippen molar-refractivity contribution in [1.82, 2.24) is 4.90 Å². The predicted octanol–water partition coefficient (Wildman–Crippen LogP) is 4.50. The van der Waals surface area contributed by atoms with E-state index in [1.54, 1.807) is 13.2 Å². The van der Waals surface area contributed by atoms with Crippen molar-refractivity contribution in [3.63, 3.8) is 0 Å². The van der Waals surface area contributed by atoms with Gasteiger partial charge in [0.1, 0.15) is 11.5 Å². The molecule has 1 heterocycles. The number of para-hydroxylation sites is 1. The molecule has 0 bridgehead atoms. The maximum absolute atomic E-state index is 10.0. The fourth-order valence-electron chi connectivity index (χ4n) is 4.85. The number of phenols is 1. The first-order chi connectivity index (χ1) is 13.7. The average Bonchev–Trinajstić information content (AvgIpc) is 2.72. The van der Waals surface area contributed by atoms with Gasteiger partial charge in [-0.25, -0.2) is 0 Å².